The molecule has 0 bridgehead atoms. The predicted octanol–water partition coefficient (Wildman–Crippen LogP) is 2.51. The lowest BCUT2D eigenvalue weighted by molar-refractivity contribution is 0.604. The molecule has 2 N–H and O–H groups in total. The Morgan fingerprint density at radius 3 is 2.63 bits per heavy atom. The summed E-state index contributed by atoms with van der Waals surface area (Å²) in [5.41, 5.74) is -0.405. The average Bonchev–Trinajstić information content (AvgIpc) is 3.04. The maximum atomic E-state index is 13.0. The van der Waals surface area contributed by atoms with Gasteiger partial charge in [-0.3, -0.25) is 14.7 Å². The highest BCUT2D eigenvalue weighted by molar-refractivity contribution is 7.71. The number of pyridine rings is 1. The number of hydrogen-bond donors (Lipinski definition) is 2. The summed E-state index contributed by atoms with van der Waals surface area (Å²) in [6, 6.07) is 8.85. The molecular weight excluding hydrogens is 366 g/mol. The van der Waals surface area contributed by atoms with Crippen molar-refractivity contribution in [2.75, 3.05) is 0 Å². The van der Waals surface area contributed by atoms with Crippen LogP contribution in [0.3, 0.4) is 0 Å². The second kappa shape index (κ2) is 5.80. The van der Waals surface area contributed by atoms with Crippen LogP contribution < -0.4 is 11.0 Å². The summed E-state index contributed by atoms with van der Waals surface area (Å²) in [4.78, 5) is 28.4. The Balaban J connectivity index is 2.25. The monoisotopic (exact) mass is 375 g/mol. The van der Waals surface area contributed by atoms with E-state index in [1.54, 1.807) is 24.3 Å². The summed E-state index contributed by atoms with van der Waals surface area (Å²) in [6.07, 6.45) is 1.16. The fourth-order valence-corrected chi connectivity index (χ4v) is 3.22. The Labute approximate surface area is 155 Å². The molecule has 0 fully saturated rings. The van der Waals surface area contributed by atoms with E-state index in [0.717, 1.165) is 16.3 Å². The molecule has 130 valence electrons. The molecule has 3 heterocycles. The van der Waals surface area contributed by atoms with Gasteiger partial charge in [0.05, 0.1) is 10.9 Å². The average molecular weight is 375 g/mol. The van der Waals surface area contributed by atoms with Crippen LogP contribution in [-0.2, 0) is 0 Å². The molecule has 0 aliphatic rings. The number of nitrogens with one attached hydrogen (secondary N) is 2. The van der Waals surface area contributed by atoms with Crippen molar-refractivity contribution in [1.29, 1.82) is 10.5 Å². The minimum atomic E-state index is -0.724. The number of rotatable bonds is 1. The van der Waals surface area contributed by atoms with Crippen molar-refractivity contribution in [1.82, 2.24) is 14.6 Å². The minimum absolute atomic E-state index is 0.0404. The number of nitrogens with zero attached hydrogens (tertiary/aromatic N) is 3. The lowest BCUT2D eigenvalue weighted by Gasteiger charge is -2.08. The minimum Gasteiger partial charge on any atom is -0.463 e. The van der Waals surface area contributed by atoms with Crippen molar-refractivity contribution < 1.29 is 4.42 Å². The van der Waals surface area contributed by atoms with E-state index in [2.05, 4.69) is 10.1 Å². The number of aromatic amines is 2. The number of aromatic nitrogens is 3. The molecule has 0 atom stereocenters. The Kier molecular flexibility index (Phi) is 3.55. The van der Waals surface area contributed by atoms with Crippen LogP contribution >= 0.6 is 12.2 Å². The highest BCUT2D eigenvalue weighted by Gasteiger charge is 2.24. The second-order valence-electron chi connectivity index (χ2n) is 5.88. The molecule has 0 aliphatic heterocycles. The van der Waals surface area contributed by atoms with Gasteiger partial charge >= 0.3 is 0 Å². The molecule has 3 aromatic heterocycles. The third-order valence-electron chi connectivity index (χ3n) is 4.24. The van der Waals surface area contributed by atoms with E-state index in [1.165, 1.54) is 0 Å². The van der Waals surface area contributed by atoms with E-state index in [9.17, 15) is 20.1 Å². The number of nitriles is 2. The summed E-state index contributed by atoms with van der Waals surface area (Å²) in [5.74, 6) is 0. The molecule has 27 heavy (non-hydrogen) atoms. The van der Waals surface area contributed by atoms with Gasteiger partial charge in [-0.1, -0.05) is 11.6 Å². The number of fused-ring (bicyclic) bond motifs is 2. The van der Waals surface area contributed by atoms with Crippen LogP contribution in [0, 0.1) is 34.4 Å². The fraction of sp³-hybridized carbons (Fsp3) is 0.0556. The molecule has 0 radical (unpaired) electrons. The summed E-state index contributed by atoms with van der Waals surface area (Å²) in [5, 5.41) is 22.1. The second-order valence-corrected chi connectivity index (χ2v) is 6.29. The van der Waals surface area contributed by atoms with Gasteiger partial charge in [-0.25, -0.2) is 0 Å². The summed E-state index contributed by atoms with van der Waals surface area (Å²) >= 11 is 4.98. The van der Waals surface area contributed by atoms with E-state index in [4.69, 9.17) is 16.6 Å². The number of aryl methyl sites for hydroxylation is 1. The topological polar surface area (TPSA) is 131 Å². The van der Waals surface area contributed by atoms with Gasteiger partial charge in [0.1, 0.15) is 35.1 Å². The highest BCUT2D eigenvalue weighted by atomic mass is 32.1. The van der Waals surface area contributed by atoms with Crippen molar-refractivity contribution in [2.24, 2.45) is 0 Å². The summed E-state index contributed by atoms with van der Waals surface area (Å²) in [7, 11) is 0. The van der Waals surface area contributed by atoms with Gasteiger partial charge in [-0.15, -0.1) is 0 Å². The van der Waals surface area contributed by atoms with E-state index in [-0.39, 0.29) is 32.7 Å². The quantitative estimate of drug-likeness (QED) is 0.492. The number of H-pyrrole nitrogens is 2. The maximum absolute atomic E-state index is 13.0. The lowest BCUT2D eigenvalue weighted by Crippen LogP contribution is -2.21. The van der Waals surface area contributed by atoms with Crippen molar-refractivity contribution in [3.63, 3.8) is 0 Å². The van der Waals surface area contributed by atoms with E-state index >= 15 is 0 Å². The third-order valence-corrected chi connectivity index (χ3v) is 4.44. The molecule has 9 heteroatoms. The van der Waals surface area contributed by atoms with E-state index in [1.807, 2.05) is 13.0 Å². The van der Waals surface area contributed by atoms with Gasteiger partial charge < -0.3 is 9.40 Å². The van der Waals surface area contributed by atoms with Crippen LogP contribution in [-0.4, -0.2) is 14.6 Å². The van der Waals surface area contributed by atoms with Gasteiger partial charge in [0.25, 0.3) is 5.56 Å². The van der Waals surface area contributed by atoms with Gasteiger partial charge in [-0.05, 0) is 31.3 Å². The van der Waals surface area contributed by atoms with Crippen molar-refractivity contribution in [3.05, 3.63) is 66.5 Å². The SMILES string of the molecule is Cc1ccc2occ(-c3c(C#N)c(=O)n4[nH]c(=S)[nH]c4c3C#N)c(=O)c2c1. The van der Waals surface area contributed by atoms with Crippen LogP contribution in [0.25, 0.3) is 27.7 Å². The maximum Gasteiger partial charge on any atom is 0.289 e. The molecule has 1 aromatic carbocycles. The van der Waals surface area contributed by atoms with E-state index < -0.39 is 11.0 Å². The number of hydrogen-bond acceptors (Lipinski definition) is 6. The Morgan fingerprint density at radius 1 is 1.19 bits per heavy atom. The van der Waals surface area contributed by atoms with Crippen LogP contribution in [0.1, 0.15) is 16.7 Å². The van der Waals surface area contributed by atoms with Crippen LogP contribution in [0.2, 0.25) is 0 Å². The zero-order chi connectivity index (χ0) is 19.3. The van der Waals surface area contributed by atoms with Crippen molar-refractivity contribution in [3.8, 4) is 23.3 Å². The highest BCUT2D eigenvalue weighted by Crippen LogP contribution is 2.27. The van der Waals surface area contributed by atoms with Crippen LogP contribution in [0.5, 0.6) is 0 Å². The molecule has 4 aromatic rings. The predicted molar refractivity (Wildman–Crippen MR) is 98.8 cm³/mol. The van der Waals surface area contributed by atoms with E-state index in [0.29, 0.717) is 11.0 Å². The smallest absolute Gasteiger partial charge is 0.289 e. The summed E-state index contributed by atoms with van der Waals surface area (Å²) in [6.45, 7) is 1.82. The summed E-state index contributed by atoms with van der Waals surface area (Å²) < 4.78 is 6.61. The van der Waals surface area contributed by atoms with Gasteiger partial charge in [-0.2, -0.15) is 15.0 Å². The van der Waals surface area contributed by atoms with Crippen molar-refractivity contribution in [2.45, 2.75) is 6.92 Å². The molecular formula is C18H9N5O3S. The first-order valence-electron chi connectivity index (χ1n) is 7.70. The molecule has 0 saturated heterocycles. The largest absolute Gasteiger partial charge is 0.463 e. The first-order chi connectivity index (χ1) is 13.0. The zero-order valence-electron chi connectivity index (χ0n) is 13.8. The third kappa shape index (κ3) is 2.30. The Morgan fingerprint density at radius 2 is 1.93 bits per heavy atom. The molecule has 0 amide bonds. The number of benzene rings is 1. The van der Waals surface area contributed by atoms with Crippen molar-refractivity contribution >= 4 is 28.8 Å². The fourth-order valence-electron chi connectivity index (χ4n) is 3.04. The van der Waals surface area contributed by atoms with Crippen LogP contribution in [0.15, 0.2) is 38.5 Å². The van der Waals surface area contributed by atoms with Gasteiger partial charge in [0.15, 0.2) is 10.4 Å². The van der Waals surface area contributed by atoms with Gasteiger partial charge in [0.2, 0.25) is 5.43 Å². The van der Waals surface area contributed by atoms with Gasteiger partial charge in [0, 0.05) is 5.56 Å². The Hall–Kier alpha value is -3.95. The standard InChI is InChI=1S/C18H9N5O3S/c1-8-2-3-13-9(4-8)15(24)12(7-26-13)14-10(5-19)16-21-18(27)22-23(16)17(25)11(14)6-20/h2-4,7H,1H3,(H2,21,22,27). The molecule has 0 spiro atoms. The first kappa shape index (κ1) is 16.5. The lowest BCUT2D eigenvalue weighted by atomic mass is 9.97. The zero-order valence-corrected chi connectivity index (χ0v) is 14.6. The molecule has 0 unspecified atom stereocenters. The normalized spacial score (nSPS) is 10.8. The molecule has 4 rings (SSSR count). The molecule has 8 nitrogen and oxygen atoms in total. The van der Waals surface area contributed by atoms with Crippen LogP contribution in [0.4, 0.5) is 0 Å². The Bertz CT molecular complexity index is 1520. The first-order valence-corrected chi connectivity index (χ1v) is 8.11. The molecule has 0 saturated carbocycles. The molecule has 0 aliphatic carbocycles.